The van der Waals surface area contributed by atoms with E-state index in [0.717, 1.165) is 23.1 Å². The molecule has 0 aliphatic heterocycles. The van der Waals surface area contributed by atoms with Crippen molar-refractivity contribution in [3.05, 3.63) is 34.6 Å². The van der Waals surface area contributed by atoms with Crippen LogP contribution in [0.4, 0.5) is 4.39 Å². The Bertz CT molecular complexity index is 396. The molecule has 1 aromatic carbocycles. The van der Waals surface area contributed by atoms with Gasteiger partial charge >= 0.3 is 0 Å². The number of Topliss-reactive ketones (excluding diaryl/α,β-unsaturated/α-hetero) is 1. The van der Waals surface area contributed by atoms with Gasteiger partial charge in [0.1, 0.15) is 11.6 Å². The summed E-state index contributed by atoms with van der Waals surface area (Å²) >= 11 is 0. The lowest BCUT2D eigenvalue weighted by Gasteiger charge is -2.14. The molecular weight excluding hydrogens is 203 g/mol. The molecule has 16 heavy (non-hydrogen) atoms. The van der Waals surface area contributed by atoms with Crippen molar-refractivity contribution in [2.75, 3.05) is 0 Å². The van der Waals surface area contributed by atoms with Crippen LogP contribution in [0.25, 0.3) is 0 Å². The fraction of sp³-hybridized carbons (Fsp3) is 0.500. The molecule has 0 N–H and O–H groups in total. The zero-order valence-electron chi connectivity index (χ0n) is 10.4. The van der Waals surface area contributed by atoms with Crippen molar-refractivity contribution in [1.29, 1.82) is 0 Å². The molecule has 88 valence electrons. The zero-order chi connectivity index (χ0) is 12.3. The predicted octanol–water partition coefficient (Wildman–Crippen LogP) is 3.92. The van der Waals surface area contributed by atoms with Gasteiger partial charge in [-0.15, -0.1) is 0 Å². The Morgan fingerprint density at radius 2 is 1.88 bits per heavy atom. The van der Waals surface area contributed by atoms with Crippen molar-refractivity contribution in [1.82, 2.24) is 0 Å². The topological polar surface area (TPSA) is 17.1 Å². The minimum atomic E-state index is -0.154. The monoisotopic (exact) mass is 222 g/mol. The minimum Gasteiger partial charge on any atom is -0.300 e. The van der Waals surface area contributed by atoms with E-state index >= 15 is 0 Å². The van der Waals surface area contributed by atoms with Crippen molar-refractivity contribution in [2.45, 2.75) is 46.5 Å². The lowest BCUT2D eigenvalue weighted by atomic mass is 9.92. The Morgan fingerprint density at radius 1 is 1.31 bits per heavy atom. The molecule has 0 aliphatic carbocycles. The van der Waals surface area contributed by atoms with E-state index in [1.165, 1.54) is 0 Å². The van der Waals surface area contributed by atoms with Crippen molar-refractivity contribution in [3.8, 4) is 0 Å². The highest BCUT2D eigenvalue weighted by atomic mass is 19.1. The number of halogens is 1. The summed E-state index contributed by atoms with van der Waals surface area (Å²) in [7, 11) is 0. The maximum Gasteiger partial charge on any atom is 0.129 e. The Kier molecular flexibility index (Phi) is 4.22. The molecule has 1 aromatic rings. The lowest BCUT2D eigenvalue weighted by molar-refractivity contribution is -0.117. The Balaban J connectivity index is 2.86. The average Bonchev–Trinajstić information content (AvgIpc) is 2.20. The highest BCUT2D eigenvalue weighted by Gasteiger charge is 2.13. The summed E-state index contributed by atoms with van der Waals surface area (Å²) in [6.45, 7) is 7.43. The van der Waals surface area contributed by atoms with Gasteiger partial charge in [-0.1, -0.05) is 13.0 Å². The SMILES string of the molecule is CC(=O)CCC(C)c1cc(C)c(C)cc1F. The molecule has 1 unspecified atom stereocenters. The second-order valence-electron chi connectivity index (χ2n) is 4.60. The summed E-state index contributed by atoms with van der Waals surface area (Å²) in [6.07, 6.45) is 1.24. The summed E-state index contributed by atoms with van der Waals surface area (Å²) in [5.41, 5.74) is 2.80. The number of carbonyl (C=O) groups is 1. The van der Waals surface area contributed by atoms with Crippen molar-refractivity contribution < 1.29 is 9.18 Å². The summed E-state index contributed by atoms with van der Waals surface area (Å²) < 4.78 is 13.7. The van der Waals surface area contributed by atoms with Crippen molar-refractivity contribution in [2.24, 2.45) is 0 Å². The van der Waals surface area contributed by atoms with Crippen LogP contribution >= 0.6 is 0 Å². The standard InChI is InChI=1S/C14H19FO/c1-9(5-6-12(4)16)13-7-10(2)11(3)8-14(13)15/h7-9H,5-6H2,1-4H3. The van der Waals surface area contributed by atoms with Gasteiger partial charge in [-0.05, 0) is 55.9 Å². The van der Waals surface area contributed by atoms with Crippen LogP contribution in [0.3, 0.4) is 0 Å². The maximum atomic E-state index is 13.7. The first-order chi connectivity index (χ1) is 7.41. The van der Waals surface area contributed by atoms with Crippen LogP contribution in [0.1, 0.15) is 49.3 Å². The molecule has 1 rings (SSSR count). The zero-order valence-corrected chi connectivity index (χ0v) is 10.4. The van der Waals surface area contributed by atoms with Crippen LogP contribution < -0.4 is 0 Å². The molecular formula is C14H19FO. The first-order valence-electron chi connectivity index (χ1n) is 5.68. The Morgan fingerprint density at radius 3 is 2.44 bits per heavy atom. The quantitative estimate of drug-likeness (QED) is 0.754. The lowest BCUT2D eigenvalue weighted by Crippen LogP contribution is -2.02. The molecule has 1 atom stereocenters. The second kappa shape index (κ2) is 5.24. The number of rotatable bonds is 4. The smallest absolute Gasteiger partial charge is 0.129 e. The number of aryl methyl sites for hydroxylation is 2. The van der Waals surface area contributed by atoms with E-state index in [0.29, 0.717) is 6.42 Å². The van der Waals surface area contributed by atoms with E-state index in [2.05, 4.69) is 0 Å². The van der Waals surface area contributed by atoms with E-state index in [-0.39, 0.29) is 17.5 Å². The number of ketones is 1. The molecule has 0 bridgehead atoms. The molecule has 2 heteroatoms. The van der Waals surface area contributed by atoms with Gasteiger partial charge in [-0.2, -0.15) is 0 Å². The first-order valence-corrected chi connectivity index (χ1v) is 5.68. The number of hydrogen-bond acceptors (Lipinski definition) is 1. The van der Waals surface area contributed by atoms with Crippen molar-refractivity contribution >= 4 is 5.78 Å². The third kappa shape index (κ3) is 3.16. The van der Waals surface area contributed by atoms with Gasteiger partial charge in [0.25, 0.3) is 0 Å². The van der Waals surface area contributed by atoms with E-state index in [1.54, 1.807) is 13.0 Å². The van der Waals surface area contributed by atoms with Crippen LogP contribution in [0.2, 0.25) is 0 Å². The molecule has 0 heterocycles. The van der Waals surface area contributed by atoms with Crippen LogP contribution in [0.5, 0.6) is 0 Å². The highest BCUT2D eigenvalue weighted by Crippen LogP contribution is 2.26. The summed E-state index contributed by atoms with van der Waals surface area (Å²) in [5, 5.41) is 0. The third-order valence-corrected chi connectivity index (χ3v) is 3.07. The molecule has 0 saturated carbocycles. The second-order valence-corrected chi connectivity index (χ2v) is 4.60. The largest absolute Gasteiger partial charge is 0.300 e. The normalized spacial score (nSPS) is 12.6. The van der Waals surface area contributed by atoms with E-state index in [4.69, 9.17) is 0 Å². The number of hydrogen-bond donors (Lipinski definition) is 0. The van der Waals surface area contributed by atoms with E-state index < -0.39 is 0 Å². The number of benzene rings is 1. The molecule has 0 fully saturated rings. The van der Waals surface area contributed by atoms with Crippen molar-refractivity contribution in [3.63, 3.8) is 0 Å². The van der Waals surface area contributed by atoms with Crippen LogP contribution in [-0.2, 0) is 4.79 Å². The molecule has 1 nitrogen and oxygen atoms in total. The molecule has 0 radical (unpaired) electrons. The predicted molar refractivity (Wildman–Crippen MR) is 64.2 cm³/mol. The van der Waals surface area contributed by atoms with E-state index in [9.17, 15) is 9.18 Å². The van der Waals surface area contributed by atoms with Crippen LogP contribution in [0, 0.1) is 19.7 Å². The average molecular weight is 222 g/mol. The van der Waals surface area contributed by atoms with Gasteiger partial charge in [-0.3, -0.25) is 0 Å². The number of carbonyl (C=O) groups excluding carboxylic acids is 1. The molecule has 0 aliphatic rings. The minimum absolute atomic E-state index is 0.100. The van der Waals surface area contributed by atoms with E-state index in [1.807, 2.05) is 26.8 Å². The fourth-order valence-electron chi connectivity index (χ4n) is 1.76. The summed E-state index contributed by atoms with van der Waals surface area (Å²) in [5.74, 6) is 0.110. The third-order valence-electron chi connectivity index (χ3n) is 3.07. The van der Waals surface area contributed by atoms with Crippen LogP contribution in [0.15, 0.2) is 12.1 Å². The van der Waals surface area contributed by atoms with Gasteiger partial charge in [0.2, 0.25) is 0 Å². The van der Waals surface area contributed by atoms with Gasteiger partial charge in [0.15, 0.2) is 0 Å². The fourth-order valence-corrected chi connectivity index (χ4v) is 1.76. The maximum absolute atomic E-state index is 13.7. The van der Waals surface area contributed by atoms with Gasteiger partial charge < -0.3 is 4.79 Å². The molecule has 0 saturated heterocycles. The van der Waals surface area contributed by atoms with Gasteiger partial charge in [0.05, 0.1) is 0 Å². The summed E-state index contributed by atoms with van der Waals surface area (Å²) in [6, 6.07) is 3.48. The Labute approximate surface area is 96.7 Å². The molecule has 0 aromatic heterocycles. The first kappa shape index (κ1) is 12.9. The van der Waals surface area contributed by atoms with Gasteiger partial charge in [-0.25, -0.2) is 4.39 Å². The summed E-state index contributed by atoms with van der Waals surface area (Å²) in [4.78, 5) is 10.9. The highest BCUT2D eigenvalue weighted by molar-refractivity contribution is 5.75. The molecule has 0 spiro atoms. The molecule has 0 amide bonds. The van der Waals surface area contributed by atoms with Gasteiger partial charge in [0, 0.05) is 6.42 Å². The van der Waals surface area contributed by atoms with Crippen LogP contribution in [-0.4, -0.2) is 5.78 Å². The Hall–Kier alpha value is -1.18.